The molecule has 2 aromatic rings. The summed E-state index contributed by atoms with van der Waals surface area (Å²) in [7, 11) is 0. The topological polar surface area (TPSA) is 17.8 Å². The molecule has 0 fully saturated rings. The number of nitrogens with zero attached hydrogens (tertiary/aromatic N) is 2. The molecule has 1 aromatic carbocycles. The molecule has 0 N–H and O–H groups in total. The third kappa shape index (κ3) is 2.80. The van der Waals surface area contributed by atoms with Gasteiger partial charge in [-0.2, -0.15) is 13.2 Å². The van der Waals surface area contributed by atoms with Crippen LogP contribution in [0.3, 0.4) is 0 Å². The zero-order valence-corrected chi connectivity index (χ0v) is 11.0. The van der Waals surface area contributed by atoms with Crippen molar-refractivity contribution in [1.82, 2.24) is 9.55 Å². The lowest BCUT2D eigenvalue weighted by atomic mass is 9.84. The molecule has 0 atom stereocenters. The third-order valence-electron chi connectivity index (χ3n) is 2.91. The molecule has 1 aromatic heterocycles. The molecule has 0 aliphatic carbocycles. The highest BCUT2D eigenvalue weighted by molar-refractivity contribution is 5.47. The highest BCUT2D eigenvalue weighted by atomic mass is 19.4. The summed E-state index contributed by atoms with van der Waals surface area (Å²) in [6, 6.07) is 3.81. The van der Waals surface area contributed by atoms with Crippen LogP contribution in [0.1, 0.15) is 31.9 Å². The first-order valence-corrected chi connectivity index (χ1v) is 5.89. The van der Waals surface area contributed by atoms with Gasteiger partial charge in [-0.25, -0.2) is 4.98 Å². The van der Waals surface area contributed by atoms with Crippen LogP contribution in [0.15, 0.2) is 36.9 Å². The van der Waals surface area contributed by atoms with Gasteiger partial charge in [-0.1, -0.05) is 20.8 Å². The normalized spacial score (nSPS) is 12.7. The van der Waals surface area contributed by atoms with Gasteiger partial charge < -0.3 is 4.57 Å². The van der Waals surface area contributed by atoms with Gasteiger partial charge in [0.2, 0.25) is 0 Å². The van der Waals surface area contributed by atoms with Gasteiger partial charge >= 0.3 is 6.18 Å². The molecule has 0 spiro atoms. The van der Waals surface area contributed by atoms with E-state index in [0.29, 0.717) is 5.56 Å². The molecule has 0 bridgehead atoms. The van der Waals surface area contributed by atoms with Crippen LogP contribution in [0, 0.1) is 0 Å². The second-order valence-electron chi connectivity index (χ2n) is 5.45. The molecule has 0 radical (unpaired) electrons. The molecule has 0 aliphatic rings. The molecule has 102 valence electrons. The molecule has 2 nitrogen and oxygen atoms in total. The largest absolute Gasteiger partial charge is 0.416 e. The number of hydrogen-bond acceptors (Lipinski definition) is 1. The highest BCUT2D eigenvalue weighted by Crippen LogP contribution is 2.35. The number of halogens is 3. The number of rotatable bonds is 1. The average molecular weight is 268 g/mol. The van der Waals surface area contributed by atoms with Crippen molar-refractivity contribution in [2.24, 2.45) is 0 Å². The fraction of sp³-hybridized carbons (Fsp3) is 0.357. The number of benzene rings is 1. The van der Waals surface area contributed by atoms with Crippen LogP contribution >= 0.6 is 0 Å². The molecule has 0 unspecified atom stereocenters. The SMILES string of the molecule is CC(C)(C)c1cc(C(F)(F)F)ccc1-n1ccnc1. The maximum absolute atomic E-state index is 12.8. The molecule has 2 rings (SSSR count). The molecular formula is C14H15F3N2. The predicted octanol–water partition coefficient (Wildman–Crippen LogP) is 4.19. The molecule has 1 heterocycles. The van der Waals surface area contributed by atoms with Crippen molar-refractivity contribution in [1.29, 1.82) is 0 Å². The van der Waals surface area contributed by atoms with Gasteiger partial charge in [-0.05, 0) is 29.2 Å². The van der Waals surface area contributed by atoms with E-state index >= 15 is 0 Å². The number of aromatic nitrogens is 2. The van der Waals surface area contributed by atoms with Crippen molar-refractivity contribution >= 4 is 0 Å². The Morgan fingerprint density at radius 2 is 1.79 bits per heavy atom. The first kappa shape index (κ1) is 13.6. The molecular weight excluding hydrogens is 253 g/mol. The van der Waals surface area contributed by atoms with Crippen LogP contribution in [-0.2, 0) is 11.6 Å². The number of imidazole rings is 1. The van der Waals surface area contributed by atoms with E-state index in [1.54, 1.807) is 23.3 Å². The molecule has 5 heteroatoms. The van der Waals surface area contributed by atoms with E-state index in [9.17, 15) is 13.2 Å². The van der Waals surface area contributed by atoms with Crippen molar-refractivity contribution in [3.8, 4) is 5.69 Å². The zero-order valence-electron chi connectivity index (χ0n) is 11.0. The Morgan fingerprint density at radius 1 is 1.11 bits per heavy atom. The van der Waals surface area contributed by atoms with Crippen molar-refractivity contribution in [3.05, 3.63) is 48.0 Å². The predicted molar refractivity (Wildman–Crippen MR) is 67.3 cm³/mol. The lowest BCUT2D eigenvalue weighted by Crippen LogP contribution is -2.17. The van der Waals surface area contributed by atoms with Crippen molar-refractivity contribution in [2.45, 2.75) is 32.4 Å². The maximum Gasteiger partial charge on any atom is 0.416 e. The van der Waals surface area contributed by atoms with Crippen LogP contribution in [0.4, 0.5) is 13.2 Å². The van der Waals surface area contributed by atoms with Gasteiger partial charge in [0.05, 0.1) is 17.6 Å². The summed E-state index contributed by atoms with van der Waals surface area (Å²) in [6.45, 7) is 5.68. The highest BCUT2D eigenvalue weighted by Gasteiger charge is 2.32. The quantitative estimate of drug-likeness (QED) is 0.758. The van der Waals surface area contributed by atoms with E-state index in [2.05, 4.69) is 4.98 Å². The number of alkyl halides is 3. The molecule has 0 saturated carbocycles. The Kier molecular flexibility index (Phi) is 3.16. The van der Waals surface area contributed by atoms with Crippen LogP contribution in [0.2, 0.25) is 0 Å². The summed E-state index contributed by atoms with van der Waals surface area (Å²) >= 11 is 0. The van der Waals surface area contributed by atoms with Gasteiger partial charge in [-0.3, -0.25) is 0 Å². The van der Waals surface area contributed by atoms with Gasteiger partial charge in [0.1, 0.15) is 0 Å². The monoisotopic (exact) mass is 268 g/mol. The van der Waals surface area contributed by atoms with E-state index in [1.165, 1.54) is 12.1 Å². The fourth-order valence-corrected chi connectivity index (χ4v) is 1.94. The molecule has 0 amide bonds. The van der Waals surface area contributed by atoms with E-state index in [0.717, 1.165) is 11.8 Å². The zero-order chi connectivity index (χ0) is 14.3. The van der Waals surface area contributed by atoms with Crippen LogP contribution < -0.4 is 0 Å². The van der Waals surface area contributed by atoms with E-state index < -0.39 is 11.7 Å². The van der Waals surface area contributed by atoms with Crippen molar-refractivity contribution in [3.63, 3.8) is 0 Å². The Labute approximate surface area is 109 Å². The minimum absolute atomic E-state index is 0.388. The van der Waals surface area contributed by atoms with Crippen molar-refractivity contribution < 1.29 is 13.2 Å². The number of hydrogen-bond donors (Lipinski definition) is 0. The van der Waals surface area contributed by atoms with Crippen LogP contribution in [-0.4, -0.2) is 9.55 Å². The Balaban J connectivity index is 2.63. The minimum Gasteiger partial charge on any atom is -0.306 e. The van der Waals surface area contributed by atoms with Crippen molar-refractivity contribution in [2.75, 3.05) is 0 Å². The second kappa shape index (κ2) is 4.40. The van der Waals surface area contributed by atoms with Crippen LogP contribution in [0.25, 0.3) is 5.69 Å². The fourth-order valence-electron chi connectivity index (χ4n) is 1.94. The smallest absolute Gasteiger partial charge is 0.306 e. The van der Waals surface area contributed by atoms with E-state index in [1.807, 2.05) is 20.8 Å². The summed E-state index contributed by atoms with van der Waals surface area (Å²) < 4.78 is 40.2. The van der Waals surface area contributed by atoms with Crippen LogP contribution in [0.5, 0.6) is 0 Å². The first-order chi connectivity index (χ1) is 8.69. The molecule has 19 heavy (non-hydrogen) atoms. The van der Waals surface area contributed by atoms with Gasteiger partial charge in [0.15, 0.2) is 0 Å². The summed E-state index contributed by atoms with van der Waals surface area (Å²) in [5, 5.41) is 0. The lowest BCUT2D eigenvalue weighted by molar-refractivity contribution is -0.137. The van der Waals surface area contributed by atoms with Gasteiger partial charge in [0, 0.05) is 12.4 Å². The molecule has 0 saturated heterocycles. The summed E-state index contributed by atoms with van der Waals surface area (Å²) in [6.07, 6.45) is 0.577. The second-order valence-corrected chi connectivity index (χ2v) is 5.45. The lowest BCUT2D eigenvalue weighted by Gasteiger charge is -2.24. The first-order valence-electron chi connectivity index (χ1n) is 5.89. The third-order valence-corrected chi connectivity index (χ3v) is 2.91. The summed E-state index contributed by atoms with van der Waals surface area (Å²) in [5.41, 5.74) is 0.348. The summed E-state index contributed by atoms with van der Waals surface area (Å²) in [4.78, 5) is 3.93. The van der Waals surface area contributed by atoms with Gasteiger partial charge in [-0.15, -0.1) is 0 Å². The minimum atomic E-state index is -4.33. The van der Waals surface area contributed by atoms with E-state index in [-0.39, 0.29) is 5.41 Å². The standard InChI is InChI=1S/C14H15F3N2/c1-13(2,3)11-8-10(14(15,16)17)4-5-12(11)19-7-6-18-9-19/h4-9H,1-3H3. The maximum atomic E-state index is 12.8. The Hall–Kier alpha value is -1.78. The van der Waals surface area contributed by atoms with E-state index in [4.69, 9.17) is 0 Å². The average Bonchev–Trinajstić information content (AvgIpc) is 2.79. The Morgan fingerprint density at radius 3 is 2.26 bits per heavy atom. The van der Waals surface area contributed by atoms with Gasteiger partial charge in [0.25, 0.3) is 0 Å². The summed E-state index contributed by atoms with van der Waals surface area (Å²) in [5.74, 6) is 0. The molecule has 0 aliphatic heterocycles. The Bertz CT molecular complexity index is 563.